The van der Waals surface area contributed by atoms with E-state index in [2.05, 4.69) is 27.6 Å². The monoisotopic (exact) mass is 303 g/mol. The molecule has 1 aromatic carbocycles. The molecule has 74 valence electrons. The third kappa shape index (κ3) is 1.84. The first-order valence-corrected chi connectivity index (χ1v) is 5.40. The lowest BCUT2D eigenvalue weighted by atomic mass is 10.2. The van der Waals surface area contributed by atoms with Gasteiger partial charge in [0, 0.05) is 3.57 Å². The van der Waals surface area contributed by atoms with Crippen molar-refractivity contribution in [1.82, 2.24) is 0 Å². The minimum Gasteiger partial charge on any atom is -0.497 e. The molecule has 2 rings (SSSR count). The molecule has 0 aromatic heterocycles. The van der Waals surface area contributed by atoms with E-state index in [1.165, 1.54) is 0 Å². The first-order valence-electron chi connectivity index (χ1n) is 4.32. The van der Waals surface area contributed by atoms with Crippen molar-refractivity contribution in [1.29, 1.82) is 0 Å². The number of aliphatic imine (C=N–C) groups is 1. The maximum absolute atomic E-state index is 5.41. The number of halogens is 1. The largest absolute Gasteiger partial charge is 0.497 e. The lowest BCUT2D eigenvalue weighted by Crippen LogP contribution is -2.03. The quantitative estimate of drug-likeness (QED) is 0.783. The molecule has 0 fully saturated rings. The number of ether oxygens (including phenoxy) is 2. The Morgan fingerprint density at radius 2 is 2.36 bits per heavy atom. The van der Waals surface area contributed by atoms with Crippen molar-refractivity contribution in [3.05, 3.63) is 27.3 Å². The Labute approximate surface area is 96.3 Å². The molecule has 0 N–H and O–H groups in total. The van der Waals surface area contributed by atoms with Crippen LogP contribution in [0.5, 0.6) is 5.75 Å². The first kappa shape index (κ1) is 9.76. The molecule has 0 amide bonds. The molecular weight excluding hydrogens is 293 g/mol. The van der Waals surface area contributed by atoms with Gasteiger partial charge >= 0.3 is 0 Å². The van der Waals surface area contributed by atoms with Gasteiger partial charge in [-0.1, -0.05) is 0 Å². The number of hydrogen-bond donors (Lipinski definition) is 0. The van der Waals surface area contributed by atoms with Crippen LogP contribution in [0.4, 0.5) is 0 Å². The number of methoxy groups -OCH3 is 1. The molecule has 1 aromatic rings. The molecule has 4 heteroatoms. The van der Waals surface area contributed by atoms with E-state index in [0.29, 0.717) is 6.61 Å². The fraction of sp³-hybridized carbons (Fsp3) is 0.300. The van der Waals surface area contributed by atoms with Gasteiger partial charge in [0.15, 0.2) is 0 Å². The number of nitrogens with zero attached hydrogens (tertiary/aromatic N) is 1. The fourth-order valence-corrected chi connectivity index (χ4v) is 1.86. The van der Waals surface area contributed by atoms with Crippen molar-refractivity contribution < 1.29 is 9.47 Å². The summed E-state index contributed by atoms with van der Waals surface area (Å²) in [7, 11) is 1.66. The molecule has 0 unspecified atom stereocenters. The lowest BCUT2D eigenvalue weighted by Gasteiger charge is -2.06. The zero-order valence-electron chi connectivity index (χ0n) is 7.79. The highest BCUT2D eigenvalue weighted by Gasteiger charge is 2.14. The molecule has 0 radical (unpaired) electrons. The third-order valence-electron chi connectivity index (χ3n) is 1.99. The van der Waals surface area contributed by atoms with Crippen molar-refractivity contribution in [2.24, 2.45) is 4.99 Å². The van der Waals surface area contributed by atoms with E-state index < -0.39 is 0 Å². The number of benzene rings is 1. The van der Waals surface area contributed by atoms with Crippen molar-refractivity contribution >= 4 is 28.5 Å². The zero-order valence-corrected chi connectivity index (χ0v) is 9.95. The molecule has 1 heterocycles. The second-order valence-corrected chi connectivity index (χ2v) is 4.04. The first-order chi connectivity index (χ1) is 6.81. The summed E-state index contributed by atoms with van der Waals surface area (Å²) < 4.78 is 11.7. The molecule has 0 aliphatic carbocycles. The minimum absolute atomic E-state index is 0.683. The van der Waals surface area contributed by atoms with Gasteiger partial charge in [0.1, 0.15) is 12.4 Å². The van der Waals surface area contributed by atoms with Crippen molar-refractivity contribution in [3.8, 4) is 5.75 Å². The van der Waals surface area contributed by atoms with Gasteiger partial charge in [0.05, 0.1) is 19.2 Å². The average molecular weight is 303 g/mol. The Hall–Kier alpha value is -0.780. The summed E-state index contributed by atoms with van der Waals surface area (Å²) in [5.74, 6) is 1.56. The molecule has 3 nitrogen and oxygen atoms in total. The van der Waals surface area contributed by atoms with Crippen LogP contribution in [-0.2, 0) is 4.74 Å². The van der Waals surface area contributed by atoms with Crippen LogP contribution < -0.4 is 4.74 Å². The van der Waals surface area contributed by atoms with Gasteiger partial charge in [-0.2, -0.15) is 0 Å². The Morgan fingerprint density at radius 3 is 3.00 bits per heavy atom. The highest BCUT2D eigenvalue weighted by atomic mass is 127. The van der Waals surface area contributed by atoms with Crippen molar-refractivity contribution in [3.63, 3.8) is 0 Å². The molecule has 0 atom stereocenters. The van der Waals surface area contributed by atoms with Gasteiger partial charge in [0.25, 0.3) is 0 Å². The molecule has 1 aliphatic heterocycles. The SMILES string of the molecule is COc1ccc(I)c(C2=NCCO2)c1. The Balaban J connectivity index is 2.40. The van der Waals surface area contributed by atoms with E-state index in [1.54, 1.807) is 7.11 Å². The van der Waals surface area contributed by atoms with E-state index in [4.69, 9.17) is 9.47 Å². The van der Waals surface area contributed by atoms with Crippen LogP contribution in [0.3, 0.4) is 0 Å². The molecule has 14 heavy (non-hydrogen) atoms. The molecule has 0 saturated heterocycles. The van der Waals surface area contributed by atoms with Crippen molar-refractivity contribution in [2.45, 2.75) is 0 Å². The van der Waals surface area contributed by atoms with E-state index in [1.807, 2.05) is 18.2 Å². The fourth-order valence-electron chi connectivity index (χ4n) is 1.29. The summed E-state index contributed by atoms with van der Waals surface area (Å²) >= 11 is 2.27. The summed E-state index contributed by atoms with van der Waals surface area (Å²) in [4.78, 5) is 4.28. The van der Waals surface area contributed by atoms with Gasteiger partial charge in [-0.05, 0) is 40.8 Å². The molecule has 0 spiro atoms. The topological polar surface area (TPSA) is 30.8 Å². The van der Waals surface area contributed by atoms with Crippen LogP contribution in [-0.4, -0.2) is 26.2 Å². The summed E-state index contributed by atoms with van der Waals surface area (Å²) in [6, 6.07) is 5.88. The predicted molar refractivity (Wildman–Crippen MR) is 63.1 cm³/mol. The average Bonchev–Trinajstić information content (AvgIpc) is 2.71. The van der Waals surface area contributed by atoms with E-state index >= 15 is 0 Å². The van der Waals surface area contributed by atoms with Gasteiger partial charge < -0.3 is 9.47 Å². The van der Waals surface area contributed by atoms with Crippen LogP contribution in [0, 0.1) is 3.57 Å². The number of hydrogen-bond acceptors (Lipinski definition) is 3. The molecule has 0 bridgehead atoms. The number of rotatable bonds is 2. The second kappa shape index (κ2) is 4.16. The molecular formula is C10H10INO2. The lowest BCUT2D eigenvalue weighted by molar-refractivity contribution is 0.348. The van der Waals surface area contributed by atoms with Crippen LogP contribution in [0.1, 0.15) is 5.56 Å². The van der Waals surface area contributed by atoms with Crippen LogP contribution >= 0.6 is 22.6 Å². The normalized spacial score (nSPS) is 14.9. The van der Waals surface area contributed by atoms with Crippen LogP contribution in [0.15, 0.2) is 23.2 Å². The molecule has 0 saturated carbocycles. The summed E-state index contributed by atoms with van der Waals surface area (Å²) in [5, 5.41) is 0. The standard InChI is InChI=1S/C10H10INO2/c1-13-7-2-3-9(11)8(6-7)10-12-4-5-14-10/h2-3,6H,4-5H2,1H3. The predicted octanol–water partition coefficient (Wildman–Crippen LogP) is 2.08. The molecule has 1 aliphatic rings. The van der Waals surface area contributed by atoms with Crippen LogP contribution in [0.2, 0.25) is 0 Å². The van der Waals surface area contributed by atoms with Crippen LogP contribution in [0.25, 0.3) is 0 Å². The van der Waals surface area contributed by atoms with Gasteiger partial charge in [-0.25, -0.2) is 4.99 Å². The van der Waals surface area contributed by atoms with Crippen molar-refractivity contribution in [2.75, 3.05) is 20.3 Å². The van der Waals surface area contributed by atoms with E-state index in [9.17, 15) is 0 Å². The third-order valence-corrected chi connectivity index (χ3v) is 2.93. The Kier molecular flexibility index (Phi) is 2.90. The zero-order chi connectivity index (χ0) is 9.97. The maximum atomic E-state index is 5.41. The second-order valence-electron chi connectivity index (χ2n) is 2.88. The summed E-state index contributed by atoms with van der Waals surface area (Å²) in [5.41, 5.74) is 1.02. The van der Waals surface area contributed by atoms with Gasteiger partial charge in [-0.15, -0.1) is 0 Å². The van der Waals surface area contributed by atoms with Gasteiger partial charge in [-0.3, -0.25) is 0 Å². The van der Waals surface area contributed by atoms with E-state index in [0.717, 1.165) is 27.3 Å². The maximum Gasteiger partial charge on any atom is 0.217 e. The summed E-state index contributed by atoms with van der Waals surface area (Å²) in [6.45, 7) is 1.44. The highest BCUT2D eigenvalue weighted by molar-refractivity contribution is 14.1. The van der Waals surface area contributed by atoms with Gasteiger partial charge in [0.2, 0.25) is 5.90 Å². The Bertz CT molecular complexity index is 376. The summed E-state index contributed by atoms with van der Waals surface area (Å²) in [6.07, 6.45) is 0. The smallest absolute Gasteiger partial charge is 0.217 e. The highest BCUT2D eigenvalue weighted by Crippen LogP contribution is 2.21. The van der Waals surface area contributed by atoms with E-state index in [-0.39, 0.29) is 0 Å². The Morgan fingerprint density at radius 1 is 1.50 bits per heavy atom. The minimum atomic E-state index is 0.683.